The molecule has 2 heterocycles. The second kappa shape index (κ2) is 7.71. The van der Waals surface area contributed by atoms with Gasteiger partial charge in [-0.3, -0.25) is 9.69 Å². The Morgan fingerprint density at radius 2 is 2.15 bits per heavy atom. The Kier molecular flexibility index (Phi) is 5.16. The highest BCUT2D eigenvalue weighted by atomic mass is 32.2. The lowest BCUT2D eigenvalue weighted by Gasteiger charge is -2.17. The molecule has 0 radical (unpaired) electrons. The molecule has 26 heavy (non-hydrogen) atoms. The number of carbonyl (C=O) groups excluding carboxylic acids is 1. The van der Waals surface area contributed by atoms with Gasteiger partial charge in [-0.25, -0.2) is 9.67 Å². The molecule has 1 saturated carbocycles. The highest BCUT2D eigenvalue weighted by Gasteiger charge is 2.23. The number of thioether (sulfide) groups is 1. The summed E-state index contributed by atoms with van der Waals surface area (Å²) in [7, 11) is 0. The number of para-hydroxylation sites is 1. The highest BCUT2D eigenvalue weighted by Crippen LogP contribution is 2.32. The van der Waals surface area contributed by atoms with Crippen LogP contribution in [0.2, 0.25) is 0 Å². The van der Waals surface area contributed by atoms with Gasteiger partial charge in [0.1, 0.15) is 0 Å². The van der Waals surface area contributed by atoms with E-state index in [1.165, 1.54) is 24.6 Å². The molecule has 0 N–H and O–H groups in total. The topological polar surface area (TPSA) is 76.8 Å². The average Bonchev–Trinajstić information content (AvgIpc) is 3.39. The smallest absolute Gasteiger partial charge is 0.239 e. The molecule has 0 aliphatic heterocycles. The van der Waals surface area contributed by atoms with Crippen molar-refractivity contribution in [2.45, 2.75) is 43.8 Å². The number of tetrazole rings is 1. The number of hydrogen-bond acceptors (Lipinski definition) is 7. The van der Waals surface area contributed by atoms with Crippen LogP contribution in [0.25, 0.3) is 10.2 Å². The van der Waals surface area contributed by atoms with Crippen molar-refractivity contribution in [1.29, 1.82) is 0 Å². The van der Waals surface area contributed by atoms with Gasteiger partial charge in [-0.15, -0.1) is 5.10 Å². The average molecular weight is 389 g/mol. The van der Waals surface area contributed by atoms with Gasteiger partial charge in [-0.05, 0) is 42.3 Å². The number of nitrogens with zero attached hydrogens (tertiary/aromatic N) is 6. The Labute approximate surface area is 159 Å². The molecule has 1 aromatic carbocycles. The summed E-state index contributed by atoms with van der Waals surface area (Å²) < 4.78 is 2.98. The van der Waals surface area contributed by atoms with E-state index in [1.54, 1.807) is 16.2 Å². The summed E-state index contributed by atoms with van der Waals surface area (Å²) in [6.07, 6.45) is 4.65. The Bertz CT molecular complexity index is 868. The van der Waals surface area contributed by atoms with Gasteiger partial charge in [0.2, 0.25) is 11.1 Å². The van der Waals surface area contributed by atoms with E-state index in [4.69, 9.17) is 0 Å². The van der Waals surface area contributed by atoms with Crippen LogP contribution in [0, 0.1) is 0 Å². The van der Waals surface area contributed by atoms with Crippen LogP contribution >= 0.6 is 23.1 Å². The Balaban J connectivity index is 1.46. The fourth-order valence-electron chi connectivity index (χ4n) is 3.26. The lowest BCUT2D eigenvalue weighted by Crippen LogP contribution is -2.32. The number of benzene rings is 1. The summed E-state index contributed by atoms with van der Waals surface area (Å²) in [5.41, 5.74) is 0.927. The molecule has 1 fully saturated rings. The van der Waals surface area contributed by atoms with Crippen molar-refractivity contribution in [2.75, 3.05) is 17.2 Å². The van der Waals surface area contributed by atoms with Crippen LogP contribution in [-0.2, 0) is 4.79 Å². The molecule has 0 atom stereocenters. The van der Waals surface area contributed by atoms with Gasteiger partial charge in [-0.2, -0.15) is 0 Å². The van der Waals surface area contributed by atoms with Crippen LogP contribution in [0.3, 0.4) is 0 Å². The van der Waals surface area contributed by atoms with Gasteiger partial charge in [0.15, 0.2) is 5.13 Å². The highest BCUT2D eigenvalue weighted by molar-refractivity contribution is 7.99. The van der Waals surface area contributed by atoms with Gasteiger partial charge in [0.25, 0.3) is 0 Å². The van der Waals surface area contributed by atoms with E-state index in [9.17, 15) is 4.79 Å². The predicted octanol–water partition coefficient (Wildman–Crippen LogP) is 3.54. The third kappa shape index (κ3) is 3.45. The number of rotatable bonds is 6. The summed E-state index contributed by atoms with van der Waals surface area (Å²) in [6.45, 7) is 2.56. The fraction of sp³-hybridized carbons (Fsp3) is 0.471. The van der Waals surface area contributed by atoms with Gasteiger partial charge in [0.05, 0.1) is 22.0 Å². The number of hydrogen-bond donors (Lipinski definition) is 0. The lowest BCUT2D eigenvalue weighted by molar-refractivity contribution is -0.116. The molecule has 1 amide bonds. The first kappa shape index (κ1) is 17.4. The number of aromatic nitrogens is 5. The van der Waals surface area contributed by atoms with E-state index in [1.807, 2.05) is 35.9 Å². The predicted molar refractivity (Wildman–Crippen MR) is 104 cm³/mol. The Morgan fingerprint density at radius 3 is 2.92 bits per heavy atom. The maximum atomic E-state index is 12.8. The minimum atomic E-state index is 0.0255. The van der Waals surface area contributed by atoms with Gasteiger partial charge in [-0.1, -0.05) is 48.1 Å². The third-order valence-electron chi connectivity index (χ3n) is 4.59. The van der Waals surface area contributed by atoms with Crippen LogP contribution in [-0.4, -0.2) is 43.4 Å². The first-order valence-electron chi connectivity index (χ1n) is 8.83. The van der Waals surface area contributed by atoms with E-state index < -0.39 is 0 Å². The number of amides is 1. The second-order valence-corrected chi connectivity index (χ2v) is 8.19. The lowest BCUT2D eigenvalue weighted by atomic mass is 10.3. The summed E-state index contributed by atoms with van der Waals surface area (Å²) in [4.78, 5) is 19.1. The van der Waals surface area contributed by atoms with Crippen LogP contribution in [0.1, 0.15) is 38.6 Å². The van der Waals surface area contributed by atoms with Crippen molar-refractivity contribution in [2.24, 2.45) is 0 Å². The van der Waals surface area contributed by atoms with Crippen LogP contribution in [0.4, 0.5) is 5.13 Å². The van der Waals surface area contributed by atoms with Crippen molar-refractivity contribution >= 4 is 44.4 Å². The Hall–Kier alpha value is -2.00. The largest absolute Gasteiger partial charge is 0.288 e. The molecule has 0 bridgehead atoms. The number of fused-ring (bicyclic) bond motifs is 1. The molecule has 0 unspecified atom stereocenters. The zero-order valence-electron chi connectivity index (χ0n) is 14.5. The summed E-state index contributed by atoms with van der Waals surface area (Å²) >= 11 is 2.95. The first-order chi connectivity index (χ1) is 12.8. The van der Waals surface area contributed by atoms with Crippen molar-refractivity contribution < 1.29 is 4.79 Å². The zero-order chi connectivity index (χ0) is 17.9. The normalized spacial score (nSPS) is 15.0. The number of carbonyl (C=O) groups is 1. The van der Waals surface area contributed by atoms with Crippen LogP contribution in [0.5, 0.6) is 0 Å². The summed E-state index contributed by atoms with van der Waals surface area (Å²) in [6, 6.07) is 8.32. The molecule has 1 aliphatic carbocycles. The molecule has 3 aromatic rings. The van der Waals surface area contributed by atoms with E-state index in [0.29, 0.717) is 18.3 Å². The summed E-state index contributed by atoms with van der Waals surface area (Å²) in [5, 5.41) is 13.5. The van der Waals surface area contributed by atoms with Crippen LogP contribution in [0.15, 0.2) is 29.4 Å². The second-order valence-electron chi connectivity index (χ2n) is 6.24. The van der Waals surface area contributed by atoms with Crippen molar-refractivity contribution in [3.05, 3.63) is 24.3 Å². The molecular weight excluding hydrogens is 368 g/mol. The molecule has 0 spiro atoms. The minimum Gasteiger partial charge on any atom is -0.288 e. The molecule has 9 heteroatoms. The summed E-state index contributed by atoms with van der Waals surface area (Å²) in [5.74, 6) is 0.328. The van der Waals surface area contributed by atoms with Gasteiger partial charge >= 0.3 is 0 Å². The van der Waals surface area contributed by atoms with Crippen molar-refractivity contribution in [1.82, 2.24) is 25.2 Å². The molecule has 4 rings (SSSR count). The molecule has 7 nitrogen and oxygen atoms in total. The Morgan fingerprint density at radius 1 is 1.35 bits per heavy atom. The monoisotopic (exact) mass is 388 g/mol. The van der Waals surface area contributed by atoms with Gasteiger partial charge < -0.3 is 0 Å². The van der Waals surface area contributed by atoms with E-state index in [-0.39, 0.29) is 5.91 Å². The molecule has 2 aromatic heterocycles. The molecule has 0 saturated heterocycles. The van der Waals surface area contributed by atoms with Gasteiger partial charge in [0, 0.05) is 6.54 Å². The standard InChI is InChI=1S/C17H20N6OS2/c1-2-22(16-18-13-9-5-6-10-14(13)26-16)15(24)11-25-17-19-20-21-23(17)12-7-3-4-8-12/h5-6,9-10,12H,2-4,7-8,11H2,1H3. The van der Waals surface area contributed by atoms with Crippen LogP contribution < -0.4 is 4.90 Å². The first-order valence-corrected chi connectivity index (χ1v) is 10.6. The van der Waals surface area contributed by atoms with Crippen molar-refractivity contribution in [3.63, 3.8) is 0 Å². The SMILES string of the molecule is CCN(C(=O)CSc1nnnn1C1CCCC1)c1nc2ccccc2s1. The number of thiazole rings is 1. The maximum absolute atomic E-state index is 12.8. The third-order valence-corrected chi connectivity index (χ3v) is 6.57. The van der Waals surface area contributed by atoms with E-state index in [2.05, 4.69) is 20.5 Å². The quantitative estimate of drug-likeness (QED) is 0.601. The van der Waals surface area contributed by atoms with Crippen molar-refractivity contribution in [3.8, 4) is 0 Å². The zero-order valence-corrected chi connectivity index (χ0v) is 16.2. The van der Waals surface area contributed by atoms with E-state index in [0.717, 1.165) is 33.3 Å². The number of anilines is 1. The molecule has 136 valence electrons. The fourth-order valence-corrected chi connectivity index (χ4v) is 5.12. The molecular formula is C17H20N6OS2. The minimum absolute atomic E-state index is 0.0255. The maximum Gasteiger partial charge on any atom is 0.239 e. The van der Waals surface area contributed by atoms with E-state index >= 15 is 0 Å². The molecule has 1 aliphatic rings.